The van der Waals surface area contributed by atoms with E-state index in [1.165, 1.54) is 0 Å². The number of nitrogens with one attached hydrogen (secondary N) is 1. The molecular formula is C29H28N4O3. The molecule has 1 aromatic heterocycles. The summed E-state index contributed by atoms with van der Waals surface area (Å²) in [7, 11) is 0. The van der Waals surface area contributed by atoms with E-state index in [0.29, 0.717) is 28.1 Å². The Bertz CT molecular complexity index is 1370. The number of imide groups is 1. The first-order valence-corrected chi connectivity index (χ1v) is 10.5. The van der Waals surface area contributed by atoms with Crippen LogP contribution in [0.15, 0.2) is 91.1 Å². The molecule has 0 fully saturated rings. The van der Waals surface area contributed by atoms with E-state index in [4.69, 9.17) is 11.0 Å². The Morgan fingerprint density at radius 3 is 1.83 bits per heavy atom. The van der Waals surface area contributed by atoms with E-state index in [9.17, 15) is 14.4 Å². The summed E-state index contributed by atoms with van der Waals surface area (Å²) in [4.78, 5) is 40.2. The van der Waals surface area contributed by atoms with Gasteiger partial charge in [-0.05, 0) is 17.7 Å². The maximum absolute atomic E-state index is 12.1. The fourth-order valence-electron chi connectivity index (χ4n) is 3.65. The number of rotatable bonds is 4. The number of nitriles is 1. The molecule has 0 unspecified atom stereocenters. The van der Waals surface area contributed by atoms with Crippen LogP contribution >= 0.6 is 0 Å². The van der Waals surface area contributed by atoms with Crippen LogP contribution in [0.25, 0.3) is 11.1 Å². The molecular weight excluding hydrogens is 452 g/mol. The van der Waals surface area contributed by atoms with E-state index in [2.05, 4.69) is 11.1 Å². The van der Waals surface area contributed by atoms with Gasteiger partial charge in [-0.3, -0.25) is 19.3 Å². The predicted molar refractivity (Wildman–Crippen MR) is 141 cm³/mol. The molecule has 4 aromatic rings. The molecule has 1 aliphatic heterocycles. The van der Waals surface area contributed by atoms with Gasteiger partial charge in [0.1, 0.15) is 17.5 Å². The lowest BCUT2D eigenvalue weighted by atomic mass is 10.1. The third kappa shape index (κ3) is 5.40. The van der Waals surface area contributed by atoms with Gasteiger partial charge in [-0.1, -0.05) is 87.6 Å². The summed E-state index contributed by atoms with van der Waals surface area (Å²) in [6, 6.07) is 27.0. The molecule has 1 aliphatic rings. The molecule has 182 valence electrons. The highest BCUT2D eigenvalue weighted by Crippen LogP contribution is 2.26. The Balaban J connectivity index is 0.000000254. The molecule has 36 heavy (non-hydrogen) atoms. The molecule has 0 atom stereocenters. The van der Waals surface area contributed by atoms with Crippen molar-refractivity contribution in [2.24, 2.45) is 0 Å². The number of fused-ring (bicyclic) bond motifs is 1. The highest BCUT2D eigenvalue weighted by molar-refractivity contribution is 6.23. The minimum atomic E-state index is -0.408. The van der Waals surface area contributed by atoms with Gasteiger partial charge in [-0.2, -0.15) is 5.26 Å². The summed E-state index contributed by atoms with van der Waals surface area (Å²) in [6.45, 7) is -0.226. The van der Waals surface area contributed by atoms with Crippen LogP contribution in [-0.4, -0.2) is 34.0 Å². The predicted octanol–water partition coefficient (Wildman–Crippen LogP) is 5.57. The Hall–Kier alpha value is -4.96. The van der Waals surface area contributed by atoms with Crippen LogP contribution in [0.3, 0.4) is 0 Å². The molecule has 0 saturated carbocycles. The number of nitrogens with zero attached hydrogens (tertiary/aromatic N) is 2. The number of anilines is 1. The van der Waals surface area contributed by atoms with Crippen molar-refractivity contribution in [1.82, 2.24) is 9.88 Å². The van der Waals surface area contributed by atoms with Gasteiger partial charge < -0.3 is 10.7 Å². The van der Waals surface area contributed by atoms with E-state index >= 15 is 0 Å². The minimum absolute atomic E-state index is 0. The van der Waals surface area contributed by atoms with Crippen LogP contribution in [0.4, 0.5) is 5.82 Å². The quantitative estimate of drug-likeness (QED) is 0.292. The number of benzene rings is 3. The van der Waals surface area contributed by atoms with Crippen LogP contribution in [0.2, 0.25) is 0 Å². The van der Waals surface area contributed by atoms with Gasteiger partial charge in [0, 0.05) is 17.3 Å². The molecule has 7 nitrogen and oxygen atoms in total. The van der Waals surface area contributed by atoms with E-state index in [1.807, 2.05) is 30.3 Å². The lowest BCUT2D eigenvalue weighted by Crippen LogP contribution is -2.34. The zero-order chi connectivity index (χ0) is 24.1. The number of H-pyrrole nitrogens is 1. The molecule has 2 heterocycles. The average Bonchev–Trinajstić information content (AvgIpc) is 3.38. The fraction of sp³-hybridized carbons (Fsp3) is 0.103. The summed E-state index contributed by atoms with van der Waals surface area (Å²) < 4.78 is 0. The van der Waals surface area contributed by atoms with Crippen molar-refractivity contribution in [3.63, 3.8) is 0 Å². The van der Waals surface area contributed by atoms with Crippen molar-refractivity contribution in [3.05, 3.63) is 113 Å². The Labute approximate surface area is 210 Å². The molecule has 0 aliphatic carbocycles. The molecule has 7 heteroatoms. The summed E-state index contributed by atoms with van der Waals surface area (Å²) in [5.74, 6) is -0.642. The number of carbonyl (C=O) groups is 3. The van der Waals surface area contributed by atoms with Crippen LogP contribution in [0.1, 0.15) is 51.5 Å². The number of aromatic amines is 1. The van der Waals surface area contributed by atoms with Crippen molar-refractivity contribution < 1.29 is 14.4 Å². The highest BCUT2D eigenvalue weighted by Gasteiger charge is 2.36. The van der Waals surface area contributed by atoms with E-state index in [0.717, 1.165) is 16.0 Å². The molecule has 3 aromatic carbocycles. The average molecular weight is 481 g/mol. The molecule has 0 spiro atoms. The van der Waals surface area contributed by atoms with Crippen molar-refractivity contribution in [2.75, 3.05) is 12.3 Å². The third-order valence-corrected chi connectivity index (χ3v) is 5.38. The van der Waals surface area contributed by atoms with E-state index in [-0.39, 0.29) is 27.2 Å². The second-order valence-electron chi connectivity index (χ2n) is 7.50. The summed E-state index contributed by atoms with van der Waals surface area (Å²) >= 11 is 0. The van der Waals surface area contributed by atoms with Gasteiger partial charge in [-0.25, -0.2) is 0 Å². The zero-order valence-corrected chi connectivity index (χ0v) is 18.1. The van der Waals surface area contributed by atoms with E-state index in [1.54, 1.807) is 60.8 Å². The first-order valence-electron chi connectivity index (χ1n) is 10.5. The number of aromatic nitrogens is 1. The van der Waals surface area contributed by atoms with Gasteiger partial charge in [0.15, 0.2) is 5.78 Å². The van der Waals surface area contributed by atoms with Crippen LogP contribution in [-0.2, 0) is 0 Å². The summed E-state index contributed by atoms with van der Waals surface area (Å²) in [5.41, 5.74) is 9.18. The van der Waals surface area contributed by atoms with Crippen molar-refractivity contribution in [1.29, 1.82) is 5.26 Å². The first kappa shape index (κ1) is 27.3. The minimum Gasteiger partial charge on any atom is -0.384 e. The highest BCUT2D eigenvalue weighted by atomic mass is 16.2. The third-order valence-electron chi connectivity index (χ3n) is 5.38. The Kier molecular flexibility index (Phi) is 9.06. The molecule has 0 bridgehead atoms. The number of carbonyl (C=O) groups excluding carboxylic acids is 3. The number of hydrogen-bond acceptors (Lipinski definition) is 5. The maximum Gasteiger partial charge on any atom is 0.261 e. The molecule has 3 N–H and O–H groups in total. The van der Waals surface area contributed by atoms with Crippen molar-refractivity contribution in [2.45, 2.75) is 14.9 Å². The monoisotopic (exact) mass is 480 g/mol. The SMILES string of the molecule is C.C.N#Cc1c(-c2ccccc2)c[nH]c1N.O=C(CN1C(=O)c2ccccc2C1=O)c1ccccc1. The second-order valence-corrected chi connectivity index (χ2v) is 7.50. The molecule has 0 saturated heterocycles. The second kappa shape index (κ2) is 12.0. The van der Waals surface area contributed by atoms with Gasteiger partial charge >= 0.3 is 0 Å². The van der Waals surface area contributed by atoms with Crippen molar-refractivity contribution >= 4 is 23.4 Å². The molecule has 5 rings (SSSR count). The Morgan fingerprint density at radius 2 is 1.31 bits per heavy atom. The lowest BCUT2D eigenvalue weighted by Gasteiger charge is -2.12. The van der Waals surface area contributed by atoms with E-state index < -0.39 is 11.8 Å². The number of nitrogen functional groups attached to an aromatic ring is 1. The smallest absolute Gasteiger partial charge is 0.261 e. The lowest BCUT2D eigenvalue weighted by molar-refractivity contribution is 0.0624. The number of hydrogen-bond donors (Lipinski definition) is 2. The van der Waals surface area contributed by atoms with Gasteiger partial charge in [0.05, 0.1) is 17.7 Å². The number of Topliss-reactive ketones (excluding diaryl/α,β-unsaturated/α-hetero) is 1. The normalized spacial score (nSPS) is 11.2. The molecule has 2 amide bonds. The zero-order valence-electron chi connectivity index (χ0n) is 18.1. The van der Waals surface area contributed by atoms with Crippen LogP contribution in [0.5, 0.6) is 0 Å². The van der Waals surface area contributed by atoms with Gasteiger partial charge in [0.2, 0.25) is 0 Å². The maximum atomic E-state index is 12.1. The van der Waals surface area contributed by atoms with Crippen LogP contribution < -0.4 is 5.73 Å². The number of ketones is 1. The largest absolute Gasteiger partial charge is 0.384 e. The topological polar surface area (TPSA) is 120 Å². The Morgan fingerprint density at radius 1 is 0.806 bits per heavy atom. The van der Waals surface area contributed by atoms with Crippen LogP contribution in [0, 0.1) is 11.3 Å². The first-order chi connectivity index (χ1) is 16.5. The fourth-order valence-corrected chi connectivity index (χ4v) is 3.65. The standard InChI is InChI=1S/C16H11NO3.C11H9N3.2CH4/c18-14(11-6-2-1-3-7-11)10-17-15(19)12-8-4-5-9-13(12)16(17)20;12-6-9-10(7-14-11(9)13)8-4-2-1-3-5-8;;/h1-9H,10H2;1-5,7,14H,13H2;2*1H4. The van der Waals surface area contributed by atoms with Gasteiger partial charge in [0.25, 0.3) is 11.8 Å². The van der Waals surface area contributed by atoms with Crippen molar-refractivity contribution in [3.8, 4) is 17.2 Å². The number of amides is 2. The summed E-state index contributed by atoms with van der Waals surface area (Å²) in [6.07, 6.45) is 1.75. The molecule has 0 radical (unpaired) electrons. The summed E-state index contributed by atoms with van der Waals surface area (Å²) in [5, 5.41) is 8.90. The number of nitrogens with two attached hydrogens (primary N) is 1. The van der Waals surface area contributed by atoms with Gasteiger partial charge in [-0.15, -0.1) is 0 Å².